The zero-order chi connectivity index (χ0) is 22.5. The van der Waals surface area contributed by atoms with Gasteiger partial charge in [-0.15, -0.1) is 22.4 Å². The highest BCUT2D eigenvalue weighted by Gasteiger charge is 2.33. The van der Waals surface area contributed by atoms with E-state index in [1.807, 2.05) is 85.0 Å². The molecule has 0 N–H and O–H groups in total. The topological polar surface area (TPSA) is 57.2 Å². The van der Waals surface area contributed by atoms with E-state index in [1.165, 1.54) is 0 Å². The van der Waals surface area contributed by atoms with Crippen LogP contribution in [0.2, 0.25) is 0 Å². The monoisotopic (exact) mass is 480 g/mol. The summed E-state index contributed by atoms with van der Waals surface area (Å²) < 4.78 is 24.4. The Labute approximate surface area is 197 Å². The summed E-state index contributed by atoms with van der Waals surface area (Å²) in [5.74, 6) is 0.224. The number of ketones is 1. The van der Waals surface area contributed by atoms with E-state index < -0.39 is 21.6 Å². The molecule has 1 aliphatic carbocycles. The molecule has 0 radical (unpaired) electrons. The Balaban J connectivity index is 0.000000153. The second kappa shape index (κ2) is 10.4. The van der Waals surface area contributed by atoms with Crippen LogP contribution in [0.15, 0.2) is 118 Å². The number of fused-ring (bicyclic) bond motifs is 2. The number of benzene rings is 3. The number of carbonyl (C=O) groups excluding carboxylic acids is 1. The van der Waals surface area contributed by atoms with Gasteiger partial charge in [0.1, 0.15) is 15.7 Å². The molecule has 3 aromatic carbocycles. The molecular formula is C26H21ClO3S2. The van der Waals surface area contributed by atoms with Crippen LogP contribution in [0.5, 0.6) is 0 Å². The van der Waals surface area contributed by atoms with Crippen LogP contribution in [0.1, 0.15) is 15.9 Å². The Morgan fingerprint density at radius 3 is 2.25 bits per heavy atom. The van der Waals surface area contributed by atoms with Crippen molar-refractivity contribution in [1.82, 2.24) is 0 Å². The highest BCUT2D eigenvalue weighted by molar-refractivity contribution is 7.91. The molecule has 3 aromatic rings. The highest BCUT2D eigenvalue weighted by atomic mass is 35.5. The number of hydrogen-bond donors (Lipinski definition) is 0. The van der Waals surface area contributed by atoms with Gasteiger partial charge in [-0.25, -0.2) is 4.21 Å². The molecule has 0 spiro atoms. The molecule has 0 bridgehead atoms. The van der Waals surface area contributed by atoms with Crippen molar-refractivity contribution in [3.63, 3.8) is 0 Å². The second-order valence-corrected chi connectivity index (χ2v) is 10.5. The normalized spacial score (nSPS) is 19.4. The Bertz CT molecular complexity index is 1250. The number of hydrogen-bond acceptors (Lipinski definition) is 3. The van der Waals surface area contributed by atoms with Gasteiger partial charge in [0.15, 0.2) is 5.78 Å². The molecule has 6 heteroatoms. The lowest BCUT2D eigenvalue weighted by Gasteiger charge is -2.24. The average molecular weight is 481 g/mol. The summed E-state index contributed by atoms with van der Waals surface area (Å²) in [6, 6.07) is 24.1. The fourth-order valence-electron chi connectivity index (χ4n) is 3.50. The van der Waals surface area contributed by atoms with Crippen molar-refractivity contribution >= 4 is 43.8 Å². The lowest BCUT2D eigenvalue weighted by atomic mass is 9.91. The molecule has 0 amide bonds. The van der Waals surface area contributed by atoms with Crippen LogP contribution in [-0.4, -0.2) is 19.4 Å². The Kier molecular flexibility index (Phi) is 7.33. The summed E-state index contributed by atoms with van der Waals surface area (Å²) in [5.41, 5.74) is 1.65. The molecule has 0 fully saturated rings. The van der Waals surface area contributed by atoms with Crippen molar-refractivity contribution in [2.75, 3.05) is 0 Å². The molecule has 1 heterocycles. The van der Waals surface area contributed by atoms with Crippen LogP contribution in [0.25, 0.3) is 0 Å². The fourth-order valence-corrected chi connectivity index (χ4v) is 6.31. The maximum atomic E-state index is 12.3. The van der Waals surface area contributed by atoms with E-state index in [2.05, 4.69) is 0 Å². The van der Waals surface area contributed by atoms with Crippen molar-refractivity contribution in [1.29, 1.82) is 0 Å². The molecule has 32 heavy (non-hydrogen) atoms. The largest absolute Gasteiger partial charge is 0.646 e. The third-order valence-corrected chi connectivity index (χ3v) is 8.59. The average Bonchev–Trinajstić information content (AvgIpc) is 2.88. The smallest absolute Gasteiger partial charge is 0.183 e. The number of rotatable bonds is 3. The quantitative estimate of drug-likeness (QED) is 0.223. The highest BCUT2D eigenvalue weighted by Crippen LogP contribution is 2.28. The predicted octanol–water partition coefficient (Wildman–Crippen LogP) is 5.23. The summed E-state index contributed by atoms with van der Waals surface area (Å²) in [4.78, 5) is 15.2. The lowest BCUT2D eigenvalue weighted by Crippen LogP contribution is -2.31. The van der Waals surface area contributed by atoms with Crippen molar-refractivity contribution < 1.29 is 13.6 Å². The first-order chi connectivity index (χ1) is 15.6. The van der Waals surface area contributed by atoms with E-state index in [0.29, 0.717) is 16.3 Å². The number of halogens is 1. The van der Waals surface area contributed by atoms with Gasteiger partial charge in [-0.2, -0.15) is 0 Å². The van der Waals surface area contributed by atoms with Crippen LogP contribution in [0.4, 0.5) is 0 Å². The van der Waals surface area contributed by atoms with E-state index in [0.717, 1.165) is 20.2 Å². The van der Waals surface area contributed by atoms with E-state index in [9.17, 15) is 13.6 Å². The first kappa shape index (κ1) is 22.6. The number of Topliss-reactive ketones (excluding diaryl/α,β-unsaturated/α-hetero) is 1. The van der Waals surface area contributed by atoms with Crippen LogP contribution in [0.3, 0.4) is 0 Å². The number of thiol groups is 1. The third kappa shape index (κ3) is 4.76. The second-order valence-electron chi connectivity index (χ2n) is 7.18. The minimum absolute atomic E-state index is 0.0563. The van der Waals surface area contributed by atoms with Crippen LogP contribution >= 0.6 is 11.6 Å². The van der Waals surface area contributed by atoms with E-state index in [-0.39, 0.29) is 11.7 Å². The zero-order valence-corrected chi connectivity index (χ0v) is 19.5. The zero-order valence-electron chi connectivity index (χ0n) is 17.1. The number of carbonyl (C=O) groups is 1. The Hall–Kier alpha value is -2.57. The molecule has 1 aliphatic heterocycles. The molecular weight excluding hydrogens is 460 g/mol. The molecule has 162 valence electrons. The summed E-state index contributed by atoms with van der Waals surface area (Å²) in [6.07, 6.45) is 7.29. The number of allylic oxidation sites excluding steroid dienone is 4. The lowest BCUT2D eigenvalue weighted by molar-refractivity contribution is 0.0969. The fraction of sp³-hybridized carbons (Fsp3) is 0.0769. The van der Waals surface area contributed by atoms with Crippen LogP contribution in [-0.2, 0) is 27.4 Å². The van der Waals surface area contributed by atoms with E-state index >= 15 is 0 Å². The maximum absolute atomic E-state index is 12.3. The van der Waals surface area contributed by atoms with Gasteiger partial charge < -0.3 is 4.55 Å². The maximum Gasteiger partial charge on any atom is 0.183 e. The number of alkyl halides is 1. The first-order valence-corrected chi connectivity index (χ1v) is 13.0. The van der Waals surface area contributed by atoms with Crippen molar-refractivity contribution in [3.8, 4) is 0 Å². The molecule has 0 saturated heterocycles. The van der Waals surface area contributed by atoms with Crippen molar-refractivity contribution in [2.45, 2.75) is 20.6 Å². The van der Waals surface area contributed by atoms with Crippen molar-refractivity contribution in [3.05, 3.63) is 114 Å². The van der Waals surface area contributed by atoms with Gasteiger partial charge in [-0.1, -0.05) is 60.7 Å². The minimum Gasteiger partial charge on any atom is -0.646 e. The van der Waals surface area contributed by atoms with Gasteiger partial charge in [-0.3, -0.25) is 4.79 Å². The van der Waals surface area contributed by atoms with Gasteiger partial charge in [-0.05, 0) is 48.0 Å². The molecule has 0 aromatic heterocycles. The van der Waals surface area contributed by atoms with Gasteiger partial charge >= 0.3 is 0 Å². The molecule has 3 unspecified atom stereocenters. The summed E-state index contributed by atoms with van der Waals surface area (Å²) in [6.45, 7) is 0. The summed E-state index contributed by atoms with van der Waals surface area (Å²) in [5, 5.41) is 0. The SMILES string of the molecule is O=C1c2ccccc2[SH+]([O-])=C2C=CC=CC12.O=S(c1ccccc1)c1ccc(CCl)cc1. The Morgan fingerprint density at radius 1 is 0.875 bits per heavy atom. The molecule has 2 aliphatic rings. The van der Waals surface area contributed by atoms with Gasteiger partial charge in [0, 0.05) is 15.7 Å². The van der Waals surface area contributed by atoms with Crippen LogP contribution in [0, 0.1) is 5.92 Å². The van der Waals surface area contributed by atoms with Gasteiger partial charge in [0.2, 0.25) is 0 Å². The van der Waals surface area contributed by atoms with E-state index in [1.54, 1.807) is 18.2 Å². The minimum atomic E-state index is -1.58. The third-order valence-electron chi connectivity index (χ3n) is 5.15. The standard InChI is InChI=1S/C13H11ClOS.C13H10O2S/c14-10-11-6-8-13(9-7-11)16(15)12-4-2-1-3-5-12;14-13-9-5-1-3-7-11(9)16(15)12-8-4-2-6-10(12)13/h1-9H,10H2;1-9,16H. The molecule has 3 atom stereocenters. The van der Waals surface area contributed by atoms with Crippen LogP contribution < -0.4 is 0 Å². The molecule has 3 nitrogen and oxygen atoms in total. The van der Waals surface area contributed by atoms with Crippen molar-refractivity contribution in [2.24, 2.45) is 5.92 Å². The summed E-state index contributed by atoms with van der Waals surface area (Å²) in [7, 11) is -2.68. The molecule has 5 rings (SSSR count). The van der Waals surface area contributed by atoms with Gasteiger partial charge in [0.25, 0.3) is 0 Å². The van der Waals surface area contributed by atoms with Gasteiger partial charge in [0.05, 0.1) is 16.4 Å². The molecule has 0 saturated carbocycles. The summed E-state index contributed by atoms with van der Waals surface area (Å²) >= 11 is 5.70. The Morgan fingerprint density at radius 2 is 1.53 bits per heavy atom. The predicted molar refractivity (Wildman–Crippen MR) is 132 cm³/mol. The first-order valence-electron chi connectivity index (χ1n) is 10.0. The van der Waals surface area contributed by atoms with E-state index in [4.69, 9.17) is 11.6 Å².